The maximum atomic E-state index is 12.1. The molecule has 1 aromatic carbocycles. The van der Waals surface area contributed by atoms with E-state index < -0.39 is 12.1 Å². The van der Waals surface area contributed by atoms with Crippen molar-refractivity contribution >= 4 is 23.6 Å². The van der Waals surface area contributed by atoms with Crippen molar-refractivity contribution in [2.45, 2.75) is 43.8 Å². The molecule has 1 amide bonds. The molecule has 2 aromatic rings. The van der Waals surface area contributed by atoms with Crippen LogP contribution in [0, 0.1) is 0 Å². The van der Waals surface area contributed by atoms with Crippen molar-refractivity contribution in [3.8, 4) is 0 Å². The summed E-state index contributed by atoms with van der Waals surface area (Å²) in [6.07, 6.45) is 0.625. The Morgan fingerprint density at radius 2 is 1.96 bits per heavy atom. The van der Waals surface area contributed by atoms with Crippen molar-refractivity contribution in [2.24, 2.45) is 0 Å². The molecule has 0 spiro atoms. The van der Waals surface area contributed by atoms with Crippen LogP contribution in [0.25, 0.3) is 0 Å². The lowest BCUT2D eigenvalue weighted by molar-refractivity contribution is -0.129. The van der Waals surface area contributed by atoms with Crippen LogP contribution in [0.3, 0.4) is 0 Å². The molecule has 7 nitrogen and oxygen atoms in total. The van der Waals surface area contributed by atoms with Crippen LogP contribution in [0.1, 0.15) is 36.7 Å². The first-order valence-corrected chi connectivity index (χ1v) is 8.52. The predicted molar refractivity (Wildman–Crippen MR) is 90.5 cm³/mol. The Bertz CT molecular complexity index is 671. The van der Waals surface area contributed by atoms with Crippen molar-refractivity contribution in [1.29, 1.82) is 0 Å². The van der Waals surface area contributed by atoms with Gasteiger partial charge in [0.25, 0.3) is 5.91 Å². The van der Waals surface area contributed by atoms with Gasteiger partial charge in [0.1, 0.15) is 6.33 Å². The van der Waals surface area contributed by atoms with Gasteiger partial charge in [0.05, 0.1) is 5.56 Å². The number of nitrogens with zero attached hydrogens (tertiary/aromatic N) is 2. The molecule has 0 aliphatic rings. The Morgan fingerprint density at radius 1 is 1.25 bits per heavy atom. The fourth-order valence-corrected chi connectivity index (χ4v) is 2.57. The monoisotopic (exact) mass is 348 g/mol. The summed E-state index contributed by atoms with van der Waals surface area (Å²) >= 11 is 1.52. The van der Waals surface area contributed by atoms with Crippen molar-refractivity contribution in [3.63, 3.8) is 0 Å². The molecule has 0 saturated heterocycles. The average molecular weight is 348 g/mol. The number of nitrogens with one attached hydrogen (secondary N) is 2. The lowest BCUT2D eigenvalue weighted by Crippen LogP contribution is -2.39. The summed E-state index contributed by atoms with van der Waals surface area (Å²) in [5.41, 5.74) is 1.45. The summed E-state index contributed by atoms with van der Waals surface area (Å²) < 4.78 is 5.18. The number of amides is 1. The number of benzene rings is 1. The van der Waals surface area contributed by atoms with Gasteiger partial charge >= 0.3 is 5.97 Å². The van der Waals surface area contributed by atoms with Crippen molar-refractivity contribution < 1.29 is 14.3 Å². The second-order valence-electron chi connectivity index (χ2n) is 5.49. The van der Waals surface area contributed by atoms with E-state index in [-0.39, 0.29) is 11.9 Å². The molecule has 0 unspecified atom stereocenters. The highest BCUT2D eigenvalue weighted by Crippen LogP contribution is 2.18. The number of thioether (sulfide) groups is 1. The summed E-state index contributed by atoms with van der Waals surface area (Å²) in [6, 6.07) is 7.06. The molecular formula is C16H20N4O3S. The normalized spacial score (nSPS) is 12.0. The molecule has 0 saturated carbocycles. The average Bonchev–Trinajstić information content (AvgIpc) is 3.06. The first kappa shape index (κ1) is 18.0. The first-order valence-electron chi connectivity index (χ1n) is 7.54. The zero-order valence-electron chi connectivity index (χ0n) is 13.8. The summed E-state index contributed by atoms with van der Waals surface area (Å²) in [7, 11) is 0. The summed E-state index contributed by atoms with van der Waals surface area (Å²) in [5.74, 6) is -0.119. The van der Waals surface area contributed by atoms with Gasteiger partial charge in [-0.25, -0.2) is 9.78 Å². The van der Waals surface area contributed by atoms with Crippen LogP contribution in [0.2, 0.25) is 0 Å². The molecule has 0 aliphatic heterocycles. The minimum atomic E-state index is -0.832. The number of esters is 1. The standard InChI is InChI=1S/C16H20N4O3S/c1-10(2)19-14(21)11(3)23-15(22)13-6-4-12(5-7-13)8-24-16-17-9-18-20-16/h4-7,9-11H,8H2,1-3H3,(H,19,21)(H,17,18,20)/t11-/m0/s1. The molecule has 0 fully saturated rings. The Kier molecular flexibility index (Phi) is 6.36. The molecule has 128 valence electrons. The number of aromatic amines is 1. The van der Waals surface area contributed by atoms with Crippen LogP contribution in [0.5, 0.6) is 0 Å². The van der Waals surface area contributed by atoms with E-state index in [0.29, 0.717) is 11.3 Å². The van der Waals surface area contributed by atoms with Crippen LogP contribution in [0.15, 0.2) is 35.7 Å². The number of ether oxygens (including phenoxy) is 1. The van der Waals surface area contributed by atoms with E-state index in [1.807, 2.05) is 26.0 Å². The predicted octanol–water partition coefficient (Wildman–Crippen LogP) is 2.17. The zero-order valence-corrected chi connectivity index (χ0v) is 14.6. The SMILES string of the molecule is CC(C)NC(=O)[C@H](C)OC(=O)c1ccc(CSc2ncn[nH]2)cc1. The van der Waals surface area contributed by atoms with E-state index in [1.165, 1.54) is 18.1 Å². The second kappa shape index (κ2) is 8.49. The highest BCUT2D eigenvalue weighted by Gasteiger charge is 2.19. The minimum absolute atomic E-state index is 0.000188. The number of carbonyl (C=O) groups excluding carboxylic acids is 2. The maximum Gasteiger partial charge on any atom is 0.338 e. The highest BCUT2D eigenvalue weighted by atomic mass is 32.2. The smallest absolute Gasteiger partial charge is 0.338 e. The molecule has 8 heteroatoms. The van der Waals surface area contributed by atoms with Crippen molar-refractivity contribution in [3.05, 3.63) is 41.7 Å². The lowest BCUT2D eigenvalue weighted by atomic mass is 10.1. The van der Waals surface area contributed by atoms with Gasteiger partial charge in [-0.3, -0.25) is 9.89 Å². The van der Waals surface area contributed by atoms with E-state index in [0.717, 1.165) is 10.7 Å². The fraction of sp³-hybridized carbons (Fsp3) is 0.375. The van der Waals surface area contributed by atoms with Crippen molar-refractivity contribution in [1.82, 2.24) is 20.5 Å². The number of hydrogen-bond acceptors (Lipinski definition) is 6. The quantitative estimate of drug-likeness (QED) is 0.588. The molecule has 0 aliphatic carbocycles. The molecule has 24 heavy (non-hydrogen) atoms. The minimum Gasteiger partial charge on any atom is -0.449 e. The molecule has 0 radical (unpaired) electrons. The van der Waals surface area contributed by atoms with Gasteiger partial charge < -0.3 is 10.1 Å². The third kappa shape index (κ3) is 5.38. The van der Waals surface area contributed by atoms with E-state index in [9.17, 15) is 9.59 Å². The van der Waals surface area contributed by atoms with E-state index in [1.54, 1.807) is 19.1 Å². The van der Waals surface area contributed by atoms with E-state index >= 15 is 0 Å². The second-order valence-corrected chi connectivity index (χ2v) is 6.45. The van der Waals surface area contributed by atoms with Gasteiger partial charge in [-0.15, -0.1) is 0 Å². The lowest BCUT2D eigenvalue weighted by Gasteiger charge is -2.15. The van der Waals surface area contributed by atoms with Gasteiger partial charge in [-0.1, -0.05) is 23.9 Å². The van der Waals surface area contributed by atoms with Crippen LogP contribution in [-0.2, 0) is 15.3 Å². The number of aromatic nitrogens is 3. The summed E-state index contributed by atoms with van der Waals surface area (Å²) in [6.45, 7) is 5.25. The van der Waals surface area contributed by atoms with Gasteiger partial charge in [0, 0.05) is 11.8 Å². The van der Waals surface area contributed by atoms with E-state index in [2.05, 4.69) is 20.5 Å². The van der Waals surface area contributed by atoms with Gasteiger partial charge in [-0.05, 0) is 38.5 Å². The van der Waals surface area contributed by atoms with Gasteiger partial charge in [0.2, 0.25) is 0 Å². The largest absolute Gasteiger partial charge is 0.449 e. The number of hydrogen-bond donors (Lipinski definition) is 2. The van der Waals surface area contributed by atoms with Crippen LogP contribution in [0.4, 0.5) is 0 Å². The van der Waals surface area contributed by atoms with Gasteiger partial charge in [-0.2, -0.15) is 5.10 Å². The Hall–Kier alpha value is -2.35. The Balaban J connectivity index is 1.87. The summed E-state index contributed by atoms with van der Waals surface area (Å²) in [5, 5.41) is 10.00. The van der Waals surface area contributed by atoms with Crippen LogP contribution >= 0.6 is 11.8 Å². The van der Waals surface area contributed by atoms with Crippen LogP contribution in [-0.4, -0.2) is 39.2 Å². The Labute approximate surface area is 144 Å². The molecule has 0 bridgehead atoms. The number of H-pyrrole nitrogens is 1. The molecule has 1 atom stereocenters. The molecule has 2 rings (SSSR count). The fourth-order valence-electron chi connectivity index (χ4n) is 1.84. The zero-order chi connectivity index (χ0) is 17.5. The van der Waals surface area contributed by atoms with Crippen LogP contribution < -0.4 is 5.32 Å². The molecule has 1 aromatic heterocycles. The molecule has 2 N–H and O–H groups in total. The Morgan fingerprint density at radius 3 is 2.54 bits per heavy atom. The third-order valence-electron chi connectivity index (χ3n) is 3.04. The number of rotatable bonds is 7. The maximum absolute atomic E-state index is 12.1. The number of carbonyl (C=O) groups is 2. The first-order chi connectivity index (χ1) is 11.5. The van der Waals surface area contributed by atoms with Gasteiger partial charge in [0.15, 0.2) is 11.3 Å². The summed E-state index contributed by atoms with van der Waals surface area (Å²) in [4.78, 5) is 27.9. The van der Waals surface area contributed by atoms with E-state index in [4.69, 9.17) is 4.74 Å². The molecule has 1 heterocycles. The third-order valence-corrected chi connectivity index (χ3v) is 3.99. The van der Waals surface area contributed by atoms with Crippen molar-refractivity contribution in [2.75, 3.05) is 0 Å². The highest BCUT2D eigenvalue weighted by molar-refractivity contribution is 7.98. The topological polar surface area (TPSA) is 97.0 Å². The molecular weight excluding hydrogens is 328 g/mol.